The van der Waals surface area contributed by atoms with Crippen LogP contribution in [-0.2, 0) is 6.61 Å². The van der Waals surface area contributed by atoms with Gasteiger partial charge in [0.1, 0.15) is 11.6 Å². The fourth-order valence-electron chi connectivity index (χ4n) is 3.28. The maximum atomic E-state index is 12.9. The zero-order valence-corrected chi connectivity index (χ0v) is 15.3. The van der Waals surface area contributed by atoms with Crippen LogP contribution in [0.5, 0.6) is 5.75 Å². The van der Waals surface area contributed by atoms with Gasteiger partial charge >= 0.3 is 0 Å². The van der Waals surface area contributed by atoms with E-state index in [1.807, 2.05) is 6.92 Å². The second-order valence-electron chi connectivity index (χ2n) is 6.58. The van der Waals surface area contributed by atoms with Crippen molar-refractivity contribution in [2.45, 2.75) is 32.4 Å². The molecule has 1 atom stereocenters. The molecule has 0 spiro atoms. The van der Waals surface area contributed by atoms with E-state index in [1.54, 1.807) is 23.2 Å². The minimum absolute atomic E-state index is 0.0704. The normalized spacial score (nSPS) is 16.4. The number of benzene rings is 1. The van der Waals surface area contributed by atoms with Crippen molar-refractivity contribution in [3.05, 3.63) is 71.4 Å². The van der Waals surface area contributed by atoms with Gasteiger partial charge in [0.25, 0.3) is 11.8 Å². The van der Waals surface area contributed by atoms with Crippen LogP contribution in [0.3, 0.4) is 0 Å². The molecule has 1 unspecified atom stereocenters. The number of aryl methyl sites for hydroxylation is 1. The van der Waals surface area contributed by atoms with Gasteiger partial charge in [0, 0.05) is 18.4 Å². The molecule has 3 heterocycles. The summed E-state index contributed by atoms with van der Waals surface area (Å²) in [5, 5.41) is 4.04. The van der Waals surface area contributed by atoms with Crippen LogP contribution in [0.1, 0.15) is 46.7 Å². The number of nitrogens with zero attached hydrogens (tertiary/aromatic N) is 4. The highest BCUT2D eigenvalue weighted by atomic mass is 19.1. The number of aromatic nitrogens is 3. The predicted molar refractivity (Wildman–Crippen MR) is 97.0 cm³/mol. The number of carbonyl (C=O) groups is 1. The third-order valence-electron chi connectivity index (χ3n) is 4.71. The molecule has 0 bridgehead atoms. The Kier molecular flexibility index (Phi) is 5.01. The zero-order valence-electron chi connectivity index (χ0n) is 15.3. The Hall–Kier alpha value is -3.29. The maximum absolute atomic E-state index is 12.9. The molecule has 1 aromatic carbocycles. The fraction of sp³-hybridized carbons (Fsp3) is 0.300. The molecular weight excluding hydrogens is 363 g/mol. The van der Waals surface area contributed by atoms with Gasteiger partial charge in [-0.15, -0.1) is 0 Å². The topological polar surface area (TPSA) is 81.4 Å². The molecule has 0 aliphatic carbocycles. The Morgan fingerprint density at radius 3 is 2.93 bits per heavy atom. The smallest absolute Gasteiger partial charge is 0.264 e. The lowest BCUT2D eigenvalue weighted by Crippen LogP contribution is -2.31. The summed E-state index contributed by atoms with van der Waals surface area (Å²) < 4.78 is 23.7. The number of carbonyl (C=O) groups excluding carboxylic acids is 1. The van der Waals surface area contributed by atoms with E-state index in [9.17, 15) is 9.18 Å². The molecule has 0 N–H and O–H groups in total. The molecule has 144 valence electrons. The molecule has 0 saturated carbocycles. The lowest BCUT2D eigenvalue weighted by atomic mass is 10.1. The van der Waals surface area contributed by atoms with Crippen LogP contribution >= 0.6 is 0 Å². The lowest BCUT2D eigenvalue weighted by molar-refractivity contribution is 0.0727. The van der Waals surface area contributed by atoms with Gasteiger partial charge in [-0.3, -0.25) is 9.78 Å². The van der Waals surface area contributed by atoms with E-state index >= 15 is 0 Å². The monoisotopic (exact) mass is 382 g/mol. The molecule has 1 aliphatic rings. The first-order chi connectivity index (χ1) is 13.6. The molecule has 4 rings (SSSR count). The average Bonchev–Trinajstić information content (AvgIpc) is 3.37. The molecule has 1 aliphatic heterocycles. The van der Waals surface area contributed by atoms with Gasteiger partial charge < -0.3 is 14.2 Å². The zero-order chi connectivity index (χ0) is 19.5. The summed E-state index contributed by atoms with van der Waals surface area (Å²) in [7, 11) is 0. The standard InChI is InChI=1S/C20H19FN4O3/c1-13-16(4-2-10-22-13)20(26)25-11-3-5-17(25)19-23-18(28-24-19)12-27-15-8-6-14(21)7-9-15/h2,4,6-10,17H,3,5,11-12H2,1H3. The van der Waals surface area contributed by atoms with Crippen LogP contribution in [0.25, 0.3) is 0 Å². The number of rotatable bonds is 5. The highest BCUT2D eigenvalue weighted by Crippen LogP contribution is 2.32. The van der Waals surface area contributed by atoms with Crippen LogP contribution in [0.2, 0.25) is 0 Å². The third kappa shape index (κ3) is 3.71. The van der Waals surface area contributed by atoms with Gasteiger partial charge in [-0.1, -0.05) is 5.16 Å². The van der Waals surface area contributed by atoms with E-state index in [4.69, 9.17) is 9.26 Å². The Labute approximate surface area is 161 Å². The highest BCUT2D eigenvalue weighted by molar-refractivity contribution is 5.95. The number of ether oxygens (including phenoxy) is 1. The first-order valence-corrected chi connectivity index (χ1v) is 9.05. The minimum atomic E-state index is -0.331. The van der Waals surface area contributed by atoms with Crippen molar-refractivity contribution in [2.24, 2.45) is 0 Å². The summed E-state index contributed by atoms with van der Waals surface area (Å²) in [5.41, 5.74) is 1.28. The van der Waals surface area contributed by atoms with Crippen molar-refractivity contribution in [1.82, 2.24) is 20.0 Å². The van der Waals surface area contributed by atoms with Crippen LogP contribution in [0.15, 0.2) is 47.1 Å². The summed E-state index contributed by atoms with van der Waals surface area (Å²) >= 11 is 0. The second-order valence-corrected chi connectivity index (χ2v) is 6.58. The van der Waals surface area contributed by atoms with E-state index in [0.29, 0.717) is 35.3 Å². The van der Waals surface area contributed by atoms with Crippen molar-refractivity contribution in [1.29, 1.82) is 0 Å². The fourth-order valence-corrected chi connectivity index (χ4v) is 3.28. The molecular formula is C20H19FN4O3. The number of amides is 1. The number of pyridine rings is 1. The highest BCUT2D eigenvalue weighted by Gasteiger charge is 2.34. The quantitative estimate of drug-likeness (QED) is 0.672. The molecule has 0 radical (unpaired) electrons. The van der Waals surface area contributed by atoms with Gasteiger partial charge in [0.2, 0.25) is 0 Å². The Morgan fingerprint density at radius 1 is 1.32 bits per heavy atom. The molecule has 1 fully saturated rings. The van der Waals surface area contributed by atoms with Crippen LogP contribution in [-0.4, -0.2) is 32.5 Å². The Morgan fingerprint density at radius 2 is 2.14 bits per heavy atom. The first kappa shape index (κ1) is 18.1. The predicted octanol–water partition coefficient (Wildman–Crippen LogP) is 3.47. The summed E-state index contributed by atoms with van der Waals surface area (Å²) in [5.74, 6) is 0.858. The van der Waals surface area contributed by atoms with Crippen LogP contribution < -0.4 is 4.74 Å². The summed E-state index contributed by atoms with van der Waals surface area (Å²) in [6.45, 7) is 2.52. The van der Waals surface area contributed by atoms with E-state index in [-0.39, 0.29) is 24.4 Å². The second kappa shape index (κ2) is 7.75. The van der Waals surface area contributed by atoms with Gasteiger partial charge in [-0.05, 0) is 56.2 Å². The van der Waals surface area contributed by atoms with Crippen molar-refractivity contribution in [2.75, 3.05) is 6.54 Å². The molecule has 3 aromatic rings. The minimum Gasteiger partial charge on any atom is -0.484 e. The number of hydrogen-bond acceptors (Lipinski definition) is 6. The van der Waals surface area contributed by atoms with Crippen LogP contribution in [0.4, 0.5) is 4.39 Å². The maximum Gasteiger partial charge on any atom is 0.264 e. The molecule has 8 heteroatoms. The van der Waals surface area contributed by atoms with Crippen molar-refractivity contribution in [3.8, 4) is 5.75 Å². The van der Waals surface area contributed by atoms with E-state index in [0.717, 1.165) is 12.8 Å². The van der Waals surface area contributed by atoms with Gasteiger partial charge in [-0.25, -0.2) is 4.39 Å². The van der Waals surface area contributed by atoms with Crippen LogP contribution in [0, 0.1) is 12.7 Å². The third-order valence-corrected chi connectivity index (χ3v) is 4.71. The average molecular weight is 382 g/mol. The number of halogens is 1. The van der Waals surface area contributed by atoms with Gasteiger partial charge in [0.15, 0.2) is 12.4 Å². The number of likely N-dealkylation sites (tertiary alicyclic amines) is 1. The van der Waals surface area contributed by atoms with E-state index in [1.165, 1.54) is 24.3 Å². The molecule has 28 heavy (non-hydrogen) atoms. The Bertz CT molecular complexity index is 974. The van der Waals surface area contributed by atoms with Gasteiger partial charge in [0.05, 0.1) is 11.6 Å². The molecule has 7 nitrogen and oxygen atoms in total. The Balaban J connectivity index is 1.45. The first-order valence-electron chi connectivity index (χ1n) is 9.05. The summed E-state index contributed by atoms with van der Waals surface area (Å²) in [4.78, 5) is 23.3. The van der Waals surface area contributed by atoms with Crippen molar-refractivity contribution in [3.63, 3.8) is 0 Å². The largest absolute Gasteiger partial charge is 0.484 e. The summed E-state index contributed by atoms with van der Waals surface area (Å²) in [6.07, 6.45) is 3.30. The number of hydrogen-bond donors (Lipinski definition) is 0. The molecule has 1 amide bonds. The molecule has 1 saturated heterocycles. The van der Waals surface area contributed by atoms with Gasteiger partial charge in [-0.2, -0.15) is 4.98 Å². The SMILES string of the molecule is Cc1ncccc1C(=O)N1CCCC1c1noc(COc2ccc(F)cc2)n1. The molecule has 2 aromatic heterocycles. The van der Waals surface area contributed by atoms with E-state index in [2.05, 4.69) is 15.1 Å². The van der Waals surface area contributed by atoms with Crippen molar-refractivity contribution >= 4 is 5.91 Å². The van der Waals surface area contributed by atoms with E-state index < -0.39 is 0 Å². The lowest BCUT2D eigenvalue weighted by Gasteiger charge is -2.22. The summed E-state index contributed by atoms with van der Waals surface area (Å²) in [6, 6.07) is 8.98. The van der Waals surface area contributed by atoms with Crippen molar-refractivity contribution < 1.29 is 18.4 Å².